The number of halogens is 1. The Morgan fingerprint density at radius 1 is 0.817 bits per heavy atom. The quantitative estimate of drug-likeness (QED) is 0.0958. The number of nitrogens with one attached hydrogen (secondary N) is 2. The van der Waals surface area contributed by atoms with Crippen molar-refractivity contribution in [1.29, 1.82) is 0 Å². The van der Waals surface area contributed by atoms with Crippen LogP contribution in [-0.4, -0.2) is 208 Å². The molecule has 2 N–H and O–H groups in total. The fraction of sp³-hybridized carbons (Fsp3) is 0.583. The van der Waals surface area contributed by atoms with Crippen LogP contribution in [0.15, 0.2) is 59.9 Å². The molecule has 444 valence electrons. The van der Waals surface area contributed by atoms with E-state index in [1.165, 1.54) is 18.5 Å². The van der Waals surface area contributed by atoms with Gasteiger partial charge in [0.05, 0.1) is 41.3 Å². The molecule has 0 radical (unpaired) electrons. The number of carbonyl (C=O) groups is 3. The molecule has 7 heterocycles. The van der Waals surface area contributed by atoms with E-state index < -0.39 is 20.2 Å². The van der Waals surface area contributed by atoms with Gasteiger partial charge in [-0.15, -0.1) is 0 Å². The van der Waals surface area contributed by atoms with Crippen LogP contribution in [0.3, 0.4) is 0 Å². The highest BCUT2D eigenvalue weighted by Crippen LogP contribution is 2.41. The van der Waals surface area contributed by atoms with Crippen molar-refractivity contribution < 1.29 is 36.7 Å². The van der Waals surface area contributed by atoms with E-state index in [1.54, 1.807) is 49.9 Å². The molecule has 0 spiro atoms. The zero-order chi connectivity index (χ0) is 59.1. The number of aryl methyl sites for hydroxylation is 1. The maximum absolute atomic E-state index is 14.7. The van der Waals surface area contributed by atoms with Gasteiger partial charge in [-0.2, -0.15) is 5.10 Å². The Morgan fingerprint density at radius 3 is 2.21 bits per heavy atom. The van der Waals surface area contributed by atoms with Gasteiger partial charge in [0.1, 0.15) is 34.2 Å². The number of aromatic nitrogens is 5. The van der Waals surface area contributed by atoms with Crippen LogP contribution in [-0.2, 0) is 36.0 Å². The Kier molecular flexibility index (Phi) is 17.7. The summed E-state index contributed by atoms with van der Waals surface area (Å²) in [5, 5.41) is 11.1. The molecule has 3 aromatic heterocycles. The summed E-state index contributed by atoms with van der Waals surface area (Å²) in [7, 11) is -3.84. The fourth-order valence-electron chi connectivity index (χ4n) is 11.5. The van der Waals surface area contributed by atoms with E-state index in [9.17, 15) is 27.2 Å². The monoisotopic (exact) mass is 1150 g/mol. The van der Waals surface area contributed by atoms with Gasteiger partial charge < -0.3 is 34.4 Å². The number of benzene rings is 2. The topological polar surface area (TPSA) is 206 Å². The first kappa shape index (κ1) is 60.3. The minimum Gasteiger partial charge on any atom is -0.492 e. The number of hydrogen-bond donors (Lipinski definition) is 2. The van der Waals surface area contributed by atoms with E-state index in [-0.39, 0.29) is 64.5 Å². The van der Waals surface area contributed by atoms with Gasteiger partial charge in [-0.25, -0.2) is 27.6 Å². The molecule has 4 aliphatic heterocycles. The lowest BCUT2D eigenvalue weighted by atomic mass is 9.91. The van der Waals surface area contributed by atoms with Crippen LogP contribution in [0, 0.1) is 19.7 Å². The predicted octanol–water partition coefficient (Wildman–Crippen LogP) is 6.96. The Morgan fingerprint density at radius 2 is 1.54 bits per heavy atom. The summed E-state index contributed by atoms with van der Waals surface area (Å²) in [6.07, 6.45) is 4.14. The standard InChI is InChI=1S/C60H84FN13O7S/c1-39-31-71(52(75)35-69-21-19-68(20-22-69)18-13-25-80-50-29-48-47(28-51(50)82(78,79)59(8,9)10)56(64-38-63-48)65-55-41(3)42(4)66-67-55)24-23-70(39)33-46-34-73(57(77)81-58(5,6)7)40(2)32-72(46)36-53(76)74-37-60(11,12)54-49(74)27-44(30-62-54)26-43-14-16-45(61)17-15-43/h14-17,27-30,38-40,46H,13,18-26,31-37H2,1-12H3,(H2,63,64,65,66,67)/t39?,40-,46+/m1/s1. The zero-order valence-corrected chi connectivity index (χ0v) is 50.8. The molecule has 3 atom stereocenters. The Labute approximate surface area is 483 Å². The minimum atomic E-state index is -3.84. The summed E-state index contributed by atoms with van der Waals surface area (Å²) >= 11 is 0. The molecule has 0 saturated carbocycles. The first-order valence-corrected chi connectivity index (χ1v) is 30.3. The molecule has 0 aliphatic carbocycles. The number of hydrogen-bond acceptors (Lipinski definition) is 16. The normalized spacial score (nSPS) is 20.5. The Hall–Kier alpha value is -6.33. The lowest BCUT2D eigenvalue weighted by Crippen LogP contribution is -2.65. The van der Waals surface area contributed by atoms with Crippen LogP contribution in [0.1, 0.15) is 104 Å². The molecular weight excluding hydrogens is 1070 g/mol. The molecule has 20 nitrogen and oxygen atoms in total. The SMILES string of the molecule is Cc1[nH]nc(Nc2ncnc3cc(OCCCN4CCN(CC(=O)N5CCN(C[C@H]6CN(C(=O)OC(C)(C)C)[C@H](C)CN6CC(=O)N6CC(C)(C)c7ncc(Cc8ccc(F)cc8)cc76)C(C)C5)CC4)c(S(=O)(=O)C(C)(C)C)cc23)c1C. The summed E-state index contributed by atoms with van der Waals surface area (Å²) in [5.74, 6) is 1.06. The summed E-state index contributed by atoms with van der Waals surface area (Å²) in [4.78, 5) is 71.0. The number of sulfone groups is 1. The number of ether oxygens (including phenoxy) is 2. The van der Waals surface area contributed by atoms with Gasteiger partial charge in [0.25, 0.3) is 0 Å². The van der Waals surface area contributed by atoms with Crippen molar-refractivity contribution in [2.24, 2.45) is 0 Å². The molecule has 22 heteroatoms. The molecule has 1 unspecified atom stereocenters. The molecule has 0 bridgehead atoms. The van der Waals surface area contributed by atoms with Crippen LogP contribution < -0.4 is 15.0 Å². The van der Waals surface area contributed by atoms with E-state index >= 15 is 0 Å². The molecule has 82 heavy (non-hydrogen) atoms. The van der Waals surface area contributed by atoms with Gasteiger partial charge >= 0.3 is 6.09 Å². The van der Waals surface area contributed by atoms with Crippen molar-refractivity contribution in [3.63, 3.8) is 0 Å². The second-order valence-corrected chi connectivity index (χ2v) is 28.2. The second-order valence-electron chi connectivity index (χ2n) is 25.5. The third kappa shape index (κ3) is 13.7. The van der Waals surface area contributed by atoms with Gasteiger partial charge in [-0.1, -0.05) is 26.0 Å². The Balaban J connectivity index is 0.779. The Bertz CT molecular complexity index is 3240. The average Bonchev–Trinajstić information content (AvgIpc) is 4.06. The fourth-order valence-corrected chi connectivity index (χ4v) is 12.8. The number of anilines is 3. The van der Waals surface area contributed by atoms with Crippen molar-refractivity contribution in [1.82, 2.24) is 54.5 Å². The number of fused-ring (bicyclic) bond motifs is 2. The molecule has 3 amide bonds. The summed E-state index contributed by atoms with van der Waals surface area (Å²) in [6, 6.07) is 11.4. The number of aromatic amines is 1. The highest BCUT2D eigenvalue weighted by atomic mass is 32.2. The lowest BCUT2D eigenvalue weighted by molar-refractivity contribution is -0.136. The minimum absolute atomic E-state index is 0.0312. The third-order valence-electron chi connectivity index (χ3n) is 16.5. The van der Waals surface area contributed by atoms with Gasteiger partial charge in [0, 0.05) is 131 Å². The molecular formula is C60H84FN13O7S. The van der Waals surface area contributed by atoms with Crippen molar-refractivity contribution in [2.75, 3.05) is 108 Å². The first-order valence-electron chi connectivity index (χ1n) is 28.8. The number of piperazine rings is 3. The van der Waals surface area contributed by atoms with E-state index in [1.807, 2.05) is 63.6 Å². The highest BCUT2D eigenvalue weighted by molar-refractivity contribution is 7.92. The largest absolute Gasteiger partial charge is 0.492 e. The van der Waals surface area contributed by atoms with E-state index in [0.717, 1.165) is 66.5 Å². The number of carbonyl (C=O) groups excluding carboxylic acids is 3. The van der Waals surface area contributed by atoms with Crippen molar-refractivity contribution in [3.05, 3.63) is 88.9 Å². The molecule has 9 rings (SSSR count). The van der Waals surface area contributed by atoms with Crippen LogP contribution in [0.2, 0.25) is 0 Å². The summed E-state index contributed by atoms with van der Waals surface area (Å²) in [6.45, 7) is 31.2. The van der Waals surface area contributed by atoms with Crippen molar-refractivity contribution in [3.8, 4) is 5.75 Å². The summed E-state index contributed by atoms with van der Waals surface area (Å²) in [5.41, 5.74) is 4.89. The predicted molar refractivity (Wildman–Crippen MR) is 315 cm³/mol. The maximum atomic E-state index is 14.7. The van der Waals surface area contributed by atoms with Gasteiger partial charge in [0.2, 0.25) is 11.8 Å². The molecule has 2 aromatic carbocycles. The number of rotatable bonds is 16. The van der Waals surface area contributed by atoms with Crippen LogP contribution in [0.5, 0.6) is 5.75 Å². The van der Waals surface area contributed by atoms with Crippen LogP contribution in [0.4, 0.5) is 26.5 Å². The van der Waals surface area contributed by atoms with Gasteiger partial charge in [-0.05, 0) is 117 Å². The average molecular weight is 1150 g/mol. The molecule has 3 saturated heterocycles. The van der Waals surface area contributed by atoms with Gasteiger partial charge in [0.15, 0.2) is 15.7 Å². The number of pyridine rings is 1. The number of nitrogens with zero attached hydrogens (tertiary/aromatic N) is 11. The van der Waals surface area contributed by atoms with E-state index in [0.29, 0.717) is 94.3 Å². The van der Waals surface area contributed by atoms with E-state index in [4.69, 9.17) is 14.5 Å². The first-order chi connectivity index (χ1) is 38.6. The molecule has 3 fully saturated rings. The summed E-state index contributed by atoms with van der Waals surface area (Å²) < 4.78 is 52.9. The third-order valence-corrected chi connectivity index (χ3v) is 19.0. The number of H-pyrrole nitrogens is 1. The molecule has 5 aromatic rings. The second kappa shape index (κ2) is 24.1. The molecule has 4 aliphatic rings. The van der Waals surface area contributed by atoms with Crippen molar-refractivity contribution >= 4 is 56.0 Å². The lowest BCUT2D eigenvalue weighted by Gasteiger charge is -2.48. The van der Waals surface area contributed by atoms with Crippen molar-refractivity contribution in [2.45, 2.75) is 135 Å². The highest BCUT2D eigenvalue weighted by Gasteiger charge is 2.44. The van der Waals surface area contributed by atoms with Gasteiger partial charge in [-0.3, -0.25) is 34.4 Å². The van der Waals surface area contributed by atoms with E-state index in [2.05, 4.69) is 65.9 Å². The van der Waals surface area contributed by atoms with Crippen LogP contribution >= 0.6 is 0 Å². The number of amides is 3. The van der Waals surface area contributed by atoms with Crippen LogP contribution in [0.25, 0.3) is 10.9 Å². The smallest absolute Gasteiger partial charge is 0.410 e. The zero-order valence-electron chi connectivity index (χ0n) is 50.0. The maximum Gasteiger partial charge on any atom is 0.410 e.